The van der Waals surface area contributed by atoms with Crippen molar-refractivity contribution in [2.24, 2.45) is 0 Å². The summed E-state index contributed by atoms with van der Waals surface area (Å²) in [5, 5.41) is 11.2. The molecule has 1 aromatic heterocycles. The number of anilines is 1. The highest BCUT2D eigenvalue weighted by atomic mass is 32.1. The normalized spacial score (nSPS) is 10.2. The van der Waals surface area contributed by atoms with E-state index in [0.29, 0.717) is 16.3 Å². The van der Waals surface area contributed by atoms with Gasteiger partial charge in [-0.25, -0.2) is 4.79 Å². The van der Waals surface area contributed by atoms with E-state index in [1.807, 2.05) is 18.2 Å². The van der Waals surface area contributed by atoms with Gasteiger partial charge in [0, 0.05) is 16.5 Å². The van der Waals surface area contributed by atoms with Gasteiger partial charge in [0.15, 0.2) is 0 Å². The van der Waals surface area contributed by atoms with Crippen LogP contribution in [0.3, 0.4) is 0 Å². The van der Waals surface area contributed by atoms with Crippen LogP contribution < -0.4 is 10.5 Å². The highest BCUT2D eigenvalue weighted by Crippen LogP contribution is 2.38. The lowest BCUT2D eigenvalue weighted by Gasteiger charge is -2.07. The number of carbonyl (C=O) groups is 1. The number of aromatic carboxylic acids is 1. The Kier molecular flexibility index (Phi) is 3.01. The van der Waals surface area contributed by atoms with E-state index in [0.717, 1.165) is 5.56 Å². The third-order valence-corrected chi connectivity index (χ3v) is 3.24. The number of para-hydroxylation sites is 1. The molecular weight excluding hydrogens is 238 g/mol. The Morgan fingerprint density at radius 3 is 2.71 bits per heavy atom. The van der Waals surface area contributed by atoms with Gasteiger partial charge in [0.2, 0.25) is 0 Å². The highest BCUT2D eigenvalue weighted by molar-refractivity contribution is 7.14. The zero-order chi connectivity index (χ0) is 12.4. The van der Waals surface area contributed by atoms with Crippen LogP contribution in [0, 0.1) is 0 Å². The number of thiophene rings is 1. The molecule has 1 heterocycles. The third kappa shape index (κ3) is 1.97. The van der Waals surface area contributed by atoms with Gasteiger partial charge in [-0.1, -0.05) is 18.2 Å². The minimum absolute atomic E-state index is 0.138. The van der Waals surface area contributed by atoms with E-state index in [9.17, 15) is 4.79 Å². The Bertz CT molecular complexity index is 563. The molecule has 0 fully saturated rings. The van der Waals surface area contributed by atoms with E-state index in [-0.39, 0.29) is 5.56 Å². The summed E-state index contributed by atoms with van der Waals surface area (Å²) in [6, 6.07) is 7.26. The number of nitrogens with two attached hydrogens (primary N) is 1. The molecule has 3 N–H and O–H groups in total. The number of hydrogen-bond acceptors (Lipinski definition) is 4. The summed E-state index contributed by atoms with van der Waals surface area (Å²) < 4.78 is 5.21. The van der Waals surface area contributed by atoms with Gasteiger partial charge in [-0.05, 0) is 6.07 Å². The fourth-order valence-corrected chi connectivity index (χ4v) is 2.46. The second kappa shape index (κ2) is 4.47. The first-order valence-corrected chi connectivity index (χ1v) is 5.76. The monoisotopic (exact) mass is 249 g/mol. The van der Waals surface area contributed by atoms with Crippen molar-refractivity contribution < 1.29 is 14.6 Å². The summed E-state index contributed by atoms with van der Waals surface area (Å²) in [5.41, 5.74) is 7.14. The molecule has 0 aliphatic rings. The number of nitrogen functional groups attached to an aromatic ring is 1. The van der Waals surface area contributed by atoms with Gasteiger partial charge in [0.25, 0.3) is 0 Å². The Balaban J connectivity index is 2.65. The van der Waals surface area contributed by atoms with Crippen molar-refractivity contribution in [3.05, 3.63) is 35.2 Å². The summed E-state index contributed by atoms with van der Waals surface area (Å²) in [5.74, 6) is -0.391. The average molecular weight is 249 g/mol. The van der Waals surface area contributed by atoms with Gasteiger partial charge in [-0.2, -0.15) is 0 Å². The van der Waals surface area contributed by atoms with E-state index in [2.05, 4.69) is 0 Å². The molecule has 0 aliphatic heterocycles. The first kappa shape index (κ1) is 11.5. The Morgan fingerprint density at radius 2 is 2.06 bits per heavy atom. The van der Waals surface area contributed by atoms with E-state index < -0.39 is 5.97 Å². The molecule has 88 valence electrons. The SMILES string of the molecule is COc1ccccc1-c1csc(N)c1C(=O)O. The highest BCUT2D eigenvalue weighted by Gasteiger charge is 2.19. The molecule has 0 saturated carbocycles. The van der Waals surface area contributed by atoms with Crippen LogP contribution in [-0.4, -0.2) is 18.2 Å². The van der Waals surface area contributed by atoms with Crippen LogP contribution in [0.4, 0.5) is 5.00 Å². The van der Waals surface area contributed by atoms with Gasteiger partial charge >= 0.3 is 5.97 Å². The second-order valence-electron chi connectivity index (χ2n) is 3.39. The number of carboxylic acids is 1. The number of benzene rings is 1. The first-order chi connectivity index (χ1) is 8.15. The molecule has 0 spiro atoms. The van der Waals surface area contributed by atoms with E-state index >= 15 is 0 Å². The molecular formula is C12H11NO3S. The summed E-state index contributed by atoms with van der Waals surface area (Å²) >= 11 is 1.21. The number of ether oxygens (including phenoxy) is 1. The Hall–Kier alpha value is -2.01. The van der Waals surface area contributed by atoms with Crippen LogP contribution >= 0.6 is 11.3 Å². The van der Waals surface area contributed by atoms with Crippen molar-refractivity contribution in [2.75, 3.05) is 12.8 Å². The molecule has 0 radical (unpaired) electrons. The molecule has 1 aromatic carbocycles. The maximum absolute atomic E-state index is 11.2. The molecule has 5 heteroatoms. The summed E-state index contributed by atoms with van der Waals surface area (Å²) in [4.78, 5) is 11.2. The van der Waals surface area contributed by atoms with Crippen molar-refractivity contribution in [1.29, 1.82) is 0 Å². The lowest BCUT2D eigenvalue weighted by molar-refractivity contribution is 0.0699. The molecule has 0 amide bonds. The van der Waals surface area contributed by atoms with E-state index in [1.165, 1.54) is 11.3 Å². The molecule has 2 rings (SSSR count). The average Bonchev–Trinajstić information content (AvgIpc) is 2.71. The van der Waals surface area contributed by atoms with Gasteiger partial charge in [-0.15, -0.1) is 11.3 Å². The second-order valence-corrected chi connectivity index (χ2v) is 4.31. The molecule has 0 bridgehead atoms. The first-order valence-electron chi connectivity index (χ1n) is 4.88. The lowest BCUT2D eigenvalue weighted by Crippen LogP contribution is -2.01. The third-order valence-electron chi connectivity index (χ3n) is 2.43. The van der Waals surface area contributed by atoms with Crippen LogP contribution in [0.15, 0.2) is 29.6 Å². The Morgan fingerprint density at radius 1 is 1.35 bits per heavy atom. The van der Waals surface area contributed by atoms with Crippen molar-refractivity contribution in [3.8, 4) is 16.9 Å². The quantitative estimate of drug-likeness (QED) is 0.877. The molecule has 0 saturated heterocycles. The van der Waals surface area contributed by atoms with Gasteiger partial charge in [-0.3, -0.25) is 0 Å². The van der Waals surface area contributed by atoms with Crippen molar-refractivity contribution in [2.45, 2.75) is 0 Å². The minimum atomic E-state index is -1.02. The van der Waals surface area contributed by atoms with Crippen LogP contribution in [0.25, 0.3) is 11.1 Å². The molecule has 17 heavy (non-hydrogen) atoms. The predicted molar refractivity (Wildman–Crippen MR) is 67.7 cm³/mol. The van der Waals surface area contributed by atoms with Crippen molar-refractivity contribution in [3.63, 3.8) is 0 Å². The fourth-order valence-electron chi connectivity index (χ4n) is 1.66. The predicted octanol–water partition coefficient (Wildman–Crippen LogP) is 2.70. The lowest BCUT2D eigenvalue weighted by atomic mass is 10.0. The van der Waals surface area contributed by atoms with Crippen molar-refractivity contribution >= 4 is 22.3 Å². The van der Waals surface area contributed by atoms with E-state index in [1.54, 1.807) is 18.6 Å². The summed E-state index contributed by atoms with van der Waals surface area (Å²) in [7, 11) is 1.55. The van der Waals surface area contributed by atoms with Crippen LogP contribution in [0.2, 0.25) is 0 Å². The number of carboxylic acid groups (broad SMARTS) is 1. The fraction of sp³-hybridized carbons (Fsp3) is 0.0833. The topological polar surface area (TPSA) is 72.5 Å². The molecule has 2 aromatic rings. The van der Waals surface area contributed by atoms with Gasteiger partial charge < -0.3 is 15.6 Å². The summed E-state index contributed by atoms with van der Waals surface area (Å²) in [6.45, 7) is 0. The number of methoxy groups -OCH3 is 1. The van der Waals surface area contributed by atoms with Gasteiger partial charge in [0.05, 0.1) is 7.11 Å². The largest absolute Gasteiger partial charge is 0.496 e. The molecule has 0 unspecified atom stereocenters. The molecule has 0 atom stereocenters. The molecule has 4 nitrogen and oxygen atoms in total. The standard InChI is InChI=1S/C12H11NO3S/c1-16-9-5-3-2-4-7(9)8-6-17-11(13)10(8)12(14)15/h2-6H,13H2,1H3,(H,14,15). The smallest absolute Gasteiger partial charge is 0.339 e. The zero-order valence-electron chi connectivity index (χ0n) is 9.14. The number of hydrogen-bond donors (Lipinski definition) is 2. The maximum atomic E-state index is 11.2. The van der Waals surface area contributed by atoms with Crippen molar-refractivity contribution in [1.82, 2.24) is 0 Å². The minimum Gasteiger partial charge on any atom is -0.496 e. The van der Waals surface area contributed by atoms with Crippen LogP contribution in [0.1, 0.15) is 10.4 Å². The van der Waals surface area contributed by atoms with E-state index in [4.69, 9.17) is 15.6 Å². The van der Waals surface area contributed by atoms with Gasteiger partial charge in [0.1, 0.15) is 16.3 Å². The summed E-state index contributed by atoms with van der Waals surface area (Å²) in [6.07, 6.45) is 0. The number of rotatable bonds is 3. The molecule has 0 aliphatic carbocycles. The Labute approximate surface area is 102 Å². The maximum Gasteiger partial charge on any atom is 0.339 e. The van der Waals surface area contributed by atoms with Crippen LogP contribution in [0.5, 0.6) is 5.75 Å². The zero-order valence-corrected chi connectivity index (χ0v) is 9.95. The van der Waals surface area contributed by atoms with Crippen LogP contribution in [-0.2, 0) is 0 Å².